The maximum Gasteiger partial charge on any atom is 0.483 e. The minimum Gasteiger partial charge on any atom is -0.462 e. The number of unbranched alkanes of at least 4 members (excludes halogenated alkanes) is 8. The van der Waals surface area contributed by atoms with Gasteiger partial charge in [-0.25, -0.2) is 18.7 Å². The molecule has 2 N–H and O–H groups in total. The van der Waals surface area contributed by atoms with E-state index in [-0.39, 0.29) is 13.2 Å². The van der Waals surface area contributed by atoms with Crippen molar-refractivity contribution in [1.82, 2.24) is 0 Å². The number of esters is 2. The van der Waals surface area contributed by atoms with Crippen molar-refractivity contribution in [1.29, 1.82) is 0 Å². The van der Waals surface area contributed by atoms with Crippen LogP contribution in [0.4, 0.5) is 0 Å². The largest absolute Gasteiger partial charge is 0.483 e. The Morgan fingerprint density at radius 2 is 0.943 bits per heavy atom. The van der Waals surface area contributed by atoms with Crippen LogP contribution in [0.3, 0.4) is 0 Å². The fourth-order valence-corrected chi connectivity index (χ4v) is 4.81. The van der Waals surface area contributed by atoms with Crippen LogP contribution in [0.1, 0.15) is 78.1 Å². The molecule has 13 heteroatoms. The number of hydrogen-bond donors (Lipinski definition) is 2. The number of carbonyl (C=O) groups excluding carboxylic acids is 2. The lowest BCUT2D eigenvalue weighted by molar-refractivity contribution is -0.139. The lowest BCUT2D eigenvalue weighted by Gasteiger charge is -2.18. The van der Waals surface area contributed by atoms with Crippen molar-refractivity contribution in [3.05, 3.63) is 24.3 Å². The fraction of sp³-hybridized carbons (Fsp3) is 0.727. The van der Waals surface area contributed by atoms with E-state index in [1.165, 1.54) is 0 Å². The molecule has 0 aromatic heterocycles. The third-order valence-corrected chi connectivity index (χ3v) is 7.09. The molecule has 0 radical (unpaired) electrons. The number of phosphoric acid groups is 2. The third-order valence-electron chi connectivity index (χ3n) is 4.45. The molecule has 0 heterocycles. The molecule has 0 rings (SSSR count). The van der Waals surface area contributed by atoms with Crippen molar-refractivity contribution in [2.45, 2.75) is 78.1 Å². The maximum absolute atomic E-state index is 12.5. The minimum absolute atomic E-state index is 0.0508. The van der Waals surface area contributed by atoms with Gasteiger partial charge >= 0.3 is 27.6 Å². The molecule has 0 aliphatic carbocycles. The fourth-order valence-electron chi connectivity index (χ4n) is 2.61. The van der Waals surface area contributed by atoms with E-state index in [0.717, 1.165) is 25.7 Å². The quantitative estimate of drug-likeness (QED) is 0.0784. The summed E-state index contributed by atoms with van der Waals surface area (Å²) in [6.07, 6.45) is 7.04. The van der Waals surface area contributed by atoms with Crippen LogP contribution in [-0.4, -0.2) is 48.2 Å². The van der Waals surface area contributed by atoms with Gasteiger partial charge in [0.15, 0.2) is 0 Å². The summed E-state index contributed by atoms with van der Waals surface area (Å²) in [6.45, 7) is 10.7. The van der Waals surface area contributed by atoms with Crippen LogP contribution < -0.4 is 0 Å². The predicted molar refractivity (Wildman–Crippen MR) is 130 cm³/mol. The molecule has 11 nitrogen and oxygen atoms in total. The van der Waals surface area contributed by atoms with Crippen molar-refractivity contribution in [3.63, 3.8) is 0 Å². The Morgan fingerprint density at radius 1 is 0.629 bits per heavy atom. The summed E-state index contributed by atoms with van der Waals surface area (Å²) in [4.78, 5) is 40.5. The average molecular weight is 542 g/mol. The van der Waals surface area contributed by atoms with Crippen molar-refractivity contribution < 1.29 is 51.3 Å². The zero-order valence-corrected chi connectivity index (χ0v) is 22.6. The molecule has 0 fully saturated rings. The van der Waals surface area contributed by atoms with Gasteiger partial charge in [0.25, 0.3) is 0 Å². The van der Waals surface area contributed by atoms with Gasteiger partial charge < -0.3 is 19.3 Å². The smallest absolute Gasteiger partial charge is 0.462 e. The number of hydrogen-bond acceptors (Lipinski definition) is 9. The highest BCUT2D eigenvalue weighted by atomic mass is 31.3. The first-order valence-corrected chi connectivity index (χ1v) is 14.7. The average Bonchev–Trinajstić information content (AvgIpc) is 2.75. The van der Waals surface area contributed by atoms with Crippen LogP contribution in [0, 0.1) is 0 Å². The highest BCUT2D eigenvalue weighted by Gasteiger charge is 2.35. The number of carbonyl (C=O) groups is 2. The summed E-state index contributed by atoms with van der Waals surface area (Å²) in [6, 6.07) is 0. The molecule has 0 saturated carbocycles. The van der Waals surface area contributed by atoms with Gasteiger partial charge in [-0.1, -0.05) is 51.7 Å². The molecular weight excluding hydrogens is 502 g/mol. The molecule has 0 aliphatic rings. The molecule has 0 aromatic carbocycles. The third kappa shape index (κ3) is 20.6. The van der Waals surface area contributed by atoms with Gasteiger partial charge in [0.1, 0.15) is 0 Å². The zero-order chi connectivity index (χ0) is 26.7. The minimum atomic E-state index is -5.07. The van der Waals surface area contributed by atoms with Gasteiger partial charge in [-0.2, -0.15) is 4.31 Å². The van der Waals surface area contributed by atoms with E-state index >= 15 is 0 Å². The Kier molecular flexibility index (Phi) is 18.2. The van der Waals surface area contributed by atoms with E-state index in [9.17, 15) is 18.7 Å². The molecule has 0 bridgehead atoms. The highest BCUT2D eigenvalue weighted by molar-refractivity contribution is 7.61. The number of rotatable bonds is 22. The second-order valence-electron chi connectivity index (χ2n) is 8.05. The van der Waals surface area contributed by atoms with Gasteiger partial charge in [0.05, 0.1) is 26.4 Å². The van der Waals surface area contributed by atoms with E-state index < -0.39 is 27.6 Å². The van der Waals surface area contributed by atoms with Crippen LogP contribution in [0.15, 0.2) is 24.3 Å². The summed E-state index contributed by atoms with van der Waals surface area (Å²) in [5.41, 5.74) is 0.704. The van der Waals surface area contributed by atoms with Crippen molar-refractivity contribution in [3.8, 4) is 0 Å². The molecule has 0 aliphatic heterocycles. The van der Waals surface area contributed by atoms with Crippen LogP contribution in [0.25, 0.3) is 0 Å². The van der Waals surface area contributed by atoms with Gasteiger partial charge in [0, 0.05) is 11.1 Å². The Labute approximate surface area is 208 Å². The Morgan fingerprint density at radius 3 is 1.26 bits per heavy atom. The summed E-state index contributed by atoms with van der Waals surface area (Å²) in [7, 11) is -9.48. The molecule has 0 aromatic rings. The molecule has 35 heavy (non-hydrogen) atoms. The monoisotopic (exact) mass is 542 g/mol. The first kappa shape index (κ1) is 33.7. The lowest BCUT2D eigenvalue weighted by Crippen LogP contribution is -2.06. The van der Waals surface area contributed by atoms with Crippen molar-refractivity contribution in [2.24, 2.45) is 0 Å². The SMILES string of the molecule is C=C(C)C(=O)OCCCCCCCOP(=O)(OCCCCCCCOC(=O)C(=C)C)OP(=O)(O)O. The Bertz CT molecular complexity index is 713. The van der Waals surface area contributed by atoms with E-state index in [0.29, 0.717) is 62.9 Å². The van der Waals surface area contributed by atoms with Gasteiger partial charge in [-0.3, -0.25) is 9.05 Å². The first-order valence-electron chi connectivity index (χ1n) is 11.7. The normalized spacial score (nSPS) is 11.8. The number of phosphoric ester groups is 1. The van der Waals surface area contributed by atoms with Crippen LogP contribution in [0.5, 0.6) is 0 Å². The van der Waals surface area contributed by atoms with Crippen molar-refractivity contribution in [2.75, 3.05) is 26.4 Å². The van der Waals surface area contributed by atoms with E-state index in [1.807, 2.05) is 0 Å². The topological polar surface area (TPSA) is 155 Å². The predicted octanol–water partition coefficient (Wildman–Crippen LogP) is 5.38. The molecule has 204 valence electrons. The second kappa shape index (κ2) is 18.9. The summed E-state index contributed by atoms with van der Waals surface area (Å²) in [5, 5.41) is 0. The molecule has 0 spiro atoms. The van der Waals surface area contributed by atoms with Gasteiger partial charge in [-0.15, -0.1) is 0 Å². The summed E-state index contributed by atoms with van der Waals surface area (Å²) < 4.78 is 48.1. The number of ether oxygens (including phenoxy) is 2. The van der Waals surface area contributed by atoms with Crippen LogP contribution in [0.2, 0.25) is 0 Å². The molecule has 0 saturated heterocycles. The van der Waals surface area contributed by atoms with Gasteiger partial charge in [0.2, 0.25) is 0 Å². The maximum atomic E-state index is 12.5. The lowest BCUT2D eigenvalue weighted by atomic mass is 10.1. The molecule has 0 amide bonds. The summed E-state index contributed by atoms with van der Waals surface area (Å²) in [5.74, 6) is -0.832. The standard InChI is InChI=1S/C22H40O11P2/c1-19(2)21(23)29-15-11-7-5-9-13-17-31-35(28,33-34(25,26)27)32-18-14-10-6-8-12-16-30-22(24)20(3)4/h1,3,5-18H2,2,4H3,(H2,25,26,27). The molecular formula is C22H40O11P2. The van der Waals surface area contributed by atoms with E-state index in [4.69, 9.17) is 28.3 Å². The second-order valence-corrected chi connectivity index (χ2v) is 11.1. The molecule has 0 unspecified atom stereocenters. The Hall–Kier alpha value is -1.32. The molecule has 0 atom stereocenters. The van der Waals surface area contributed by atoms with Crippen LogP contribution >= 0.6 is 15.6 Å². The zero-order valence-electron chi connectivity index (χ0n) is 20.8. The highest BCUT2D eigenvalue weighted by Crippen LogP contribution is 2.61. The van der Waals surface area contributed by atoms with E-state index in [1.54, 1.807) is 13.8 Å². The van der Waals surface area contributed by atoms with Crippen LogP contribution in [-0.2, 0) is 41.6 Å². The first-order chi connectivity index (χ1) is 16.4. The Balaban J connectivity index is 4.03. The summed E-state index contributed by atoms with van der Waals surface area (Å²) >= 11 is 0. The van der Waals surface area contributed by atoms with E-state index in [2.05, 4.69) is 17.5 Å². The van der Waals surface area contributed by atoms with Gasteiger partial charge in [-0.05, 0) is 39.5 Å². The van der Waals surface area contributed by atoms with Crippen molar-refractivity contribution >= 4 is 27.6 Å².